The van der Waals surface area contributed by atoms with E-state index in [9.17, 15) is 0 Å². The zero-order valence-corrected chi connectivity index (χ0v) is 12.2. The summed E-state index contributed by atoms with van der Waals surface area (Å²) in [5.41, 5.74) is 0.219. The number of nitrogens with zero attached hydrogens (tertiary/aromatic N) is 2. The van der Waals surface area contributed by atoms with E-state index < -0.39 is 0 Å². The van der Waals surface area contributed by atoms with Crippen LogP contribution in [0.5, 0.6) is 0 Å². The maximum Gasteiger partial charge on any atom is 0.0485 e. The first-order chi connectivity index (χ1) is 7.87. The van der Waals surface area contributed by atoms with Gasteiger partial charge in [-0.3, -0.25) is 15.1 Å². The highest BCUT2D eigenvalue weighted by Gasteiger charge is 2.18. The predicted octanol–water partition coefficient (Wildman–Crippen LogP) is 0.905. The Morgan fingerprint density at radius 3 is 1.82 bits per heavy atom. The van der Waals surface area contributed by atoms with Gasteiger partial charge in [-0.2, -0.15) is 0 Å². The van der Waals surface area contributed by atoms with E-state index in [2.05, 4.69) is 55.1 Å². The molecule has 4 heteroatoms. The van der Waals surface area contributed by atoms with Crippen LogP contribution in [0.1, 0.15) is 34.6 Å². The molecule has 1 aliphatic heterocycles. The maximum absolute atomic E-state index is 3.55. The van der Waals surface area contributed by atoms with Crippen LogP contribution in [0.25, 0.3) is 0 Å². The summed E-state index contributed by atoms with van der Waals surface area (Å²) in [6.07, 6.45) is 0. The molecular weight excluding hydrogens is 212 g/mol. The Bertz CT molecular complexity index is 202. The molecule has 0 radical (unpaired) electrons. The molecule has 17 heavy (non-hydrogen) atoms. The summed E-state index contributed by atoms with van der Waals surface area (Å²) in [4.78, 5) is 4.99. The van der Waals surface area contributed by atoms with Gasteiger partial charge in [-0.1, -0.05) is 0 Å². The minimum absolute atomic E-state index is 0.219. The predicted molar refractivity (Wildman–Crippen MR) is 74.0 cm³/mol. The van der Waals surface area contributed by atoms with Gasteiger partial charge >= 0.3 is 0 Å². The van der Waals surface area contributed by atoms with Crippen molar-refractivity contribution in [1.29, 1.82) is 0 Å². The fourth-order valence-electron chi connectivity index (χ4n) is 1.77. The van der Waals surface area contributed by atoms with Gasteiger partial charge in [-0.25, -0.2) is 0 Å². The third-order valence-electron chi connectivity index (χ3n) is 3.02. The van der Waals surface area contributed by atoms with Crippen molar-refractivity contribution >= 4 is 0 Å². The van der Waals surface area contributed by atoms with Crippen molar-refractivity contribution < 1.29 is 0 Å². The number of nitrogens with one attached hydrogen (secondary N) is 2. The van der Waals surface area contributed by atoms with Crippen LogP contribution >= 0.6 is 0 Å². The van der Waals surface area contributed by atoms with Crippen LogP contribution in [0.15, 0.2) is 0 Å². The van der Waals surface area contributed by atoms with Crippen molar-refractivity contribution in [1.82, 2.24) is 20.4 Å². The minimum atomic E-state index is 0.219. The summed E-state index contributed by atoms with van der Waals surface area (Å²) in [6.45, 7) is 17.8. The molecule has 0 spiro atoms. The van der Waals surface area contributed by atoms with Gasteiger partial charge < -0.3 is 5.32 Å². The standard InChI is InChI=1S/C13H30N4/c1-12(2)14-10-16-6-8-17(9-7-16)11-15-13(3,4)5/h12,14-15H,6-11H2,1-5H3. The van der Waals surface area contributed by atoms with Gasteiger partial charge in [0.15, 0.2) is 0 Å². The van der Waals surface area contributed by atoms with Crippen molar-refractivity contribution in [2.75, 3.05) is 39.5 Å². The van der Waals surface area contributed by atoms with Gasteiger partial charge in [0, 0.05) is 51.1 Å². The lowest BCUT2D eigenvalue weighted by Crippen LogP contribution is -2.53. The van der Waals surface area contributed by atoms with E-state index >= 15 is 0 Å². The lowest BCUT2D eigenvalue weighted by Gasteiger charge is -2.36. The number of hydrogen-bond donors (Lipinski definition) is 2. The van der Waals surface area contributed by atoms with Crippen molar-refractivity contribution in [2.24, 2.45) is 0 Å². The molecule has 102 valence electrons. The fraction of sp³-hybridized carbons (Fsp3) is 1.00. The molecule has 1 aliphatic rings. The quantitative estimate of drug-likeness (QED) is 0.750. The van der Waals surface area contributed by atoms with Crippen LogP contribution in [0.3, 0.4) is 0 Å². The van der Waals surface area contributed by atoms with Gasteiger partial charge in [0.1, 0.15) is 0 Å². The topological polar surface area (TPSA) is 30.5 Å². The molecule has 0 unspecified atom stereocenters. The van der Waals surface area contributed by atoms with E-state index in [-0.39, 0.29) is 5.54 Å². The zero-order chi connectivity index (χ0) is 12.9. The Morgan fingerprint density at radius 2 is 1.41 bits per heavy atom. The second-order valence-electron chi connectivity index (χ2n) is 6.34. The lowest BCUT2D eigenvalue weighted by molar-refractivity contribution is 0.109. The third kappa shape index (κ3) is 6.99. The summed E-state index contributed by atoms with van der Waals surface area (Å²) >= 11 is 0. The molecule has 1 saturated heterocycles. The Hall–Kier alpha value is -0.160. The monoisotopic (exact) mass is 242 g/mol. The first kappa shape index (κ1) is 14.9. The SMILES string of the molecule is CC(C)NCN1CCN(CNC(C)(C)C)CC1. The van der Waals surface area contributed by atoms with Gasteiger partial charge in [0.25, 0.3) is 0 Å². The van der Waals surface area contributed by atoms with Crippen LogP contribution in [-0.4, -0.2) is 60.9 Å². The van der Waals surface area contributed by atoms with Crippen LogP contribution in [0.4, 0.5) is 0 Å². The molecule has 1 heterocycles. The van der Waals surface area contributed by atoms with Crippen molar-refractivity contribution in [3.05, 3.63) is 0 Å². The summed E-state index contributed by atoms with van der Waals surface area (Å²) in [5, 5.41) is 7.03. The van der Waals surface area contributed by atoms with Crippen LogP contribution in [-0.2, 0) is 0 Å². The van der Waals surface area contributed by atoms with Crippen LogP contribution in [0.2, 0.25) is 0 Å². The normalized spacial score (nSPS) is 20.1. The molecule has 2 N–H and O–H groups in total. The summed E-state index contributed by atoms with van der Waals surface area (Å²) < 4.78 is 0. The van der Waals surface area contributed by atoms with E-state index in [1.54, 1.807) is 0 Å². The van der Waals surface area contributed by atoms with Crippen LogP contribution in [0, 0.1) is 0 Å². The molecule has 0 atom stereocenters. The highest BCUT2D eigenvalue weighted by atomic mass is 15.3. The molecule has 0 bridgehead atoms. The maximum atomic E-state index is 3.55. The van der Waals surface area contributed by atoms with E-state index in [1.165, 1.54) is 26.2 Å². The summed E-state index contributed by atoms with van der Waals surface area (Å²) in [5.74, 6) is 0. The molecule has 1 rings (SSSR count). The average Bonchev–Trinajstić information content (AvgIpc) is 2.24. The second kappa shape index (κ2) is 6.69. The van der Waals surface area contributed by atoms with Crippen LogP contribution < -0.4 is 10.6 Å². The molecule has 0 aromatic carbocycles. The third-order valence-corrected chi connectivity index (χ3v) is 3.02. The molecular formula is C13H30N4. The molecule has 0 aliphatic carbocycles. The lowest BCUT2D eigenvalue weighted by atomic mass is 10.1. The molecule has 0 aromatic heterocycles. The van der Waals surface area contributed by atoms with Gasteiger partial charge in [-0.05, 0) is 34.6 Å². The molecule has 0 saturated carbocycles. The first-order valence-electron chi connectivity index (χ1n) is 6.80. The smallest absolute Gasteiger partial charge is 0.0485 e. The van der Waals surface area contributed by atoms with Crippen molar-refractivity contribution in [3.63, 3.8) is 0 Å². The van der Waals surface area contributed by atoms with Gasteiger partial charge in [0.05, 0.1) is 0 Å². The number of rotatable bonds is 5. The summed E-state index contributed by atoms with van der Waals surface area (Å²) in [7, 11) is 0. The minimum Gasteiger partial charge on any atom is -0.302 e. The Balaban J connectivity index is 2.13. The fourth-order valence-corrected chi connectivity index (χ4v) is 1.77. The van der Waals surface area contributed by atoms with Crippen molar-refractivity contribution in [3.8, 4) is 0 Å². The van der Waals surface area contributed by atoms with E-state index in [4.69, 9.17) is 0 Å². The number of piperazine rings is 1. The summed E-state index contributed by atoms with van der Waals surface area (Å²) in [6, 6.07) is 0.579. The van der Waals surface area contributed by atoms with Crippen molar-refractivity contribution in [2.45, 2.75) is 46.2 Å². The first-order valence-corrected chi connectivity index (χ1v) is 6.80. The van der Waals surface area contributed by atoms with E-state index in [1.807, 2.05) is 0 Å². The van der Waals surface area contributed by atoms with Gasteiger partial charge in [0.2, 0.25) is 0 Å². The highest BCUT2D eigenvalue weighted by molar-refractivity contribution is 4.75. The van der Waals surface area contributed by atoms with Gasteiger partial charge in [-0.15, -0.1) is 0 Å². The largest absolute Gasteiger partial charge is 0.302 e. The Morgan fingerprint density at radius 1 is 0.941 bits per heavy atom. The highest BCUT2D eigenvalue weighted by Crippen LogP contribution is 2.02. The number of hydrogen-bond acceptors (Lipinski definition) is 4. The molecule has 0 aromatic rings. The van der Waals surface area contributed by atoms with E-state index in [0.717, 1.165) is 13.3 Å². The average molecular weight is 242 g/mol. The molecule has 4 nitrogen and oxygen atoms in total. The zero-order valence-electron chi connectivity index (χ0n) is 12.2. The Kier molecular flexibility index (Phi) is 5.86. The molecule has 0 amide bonds. The second-order valence-corrected chi connectivity index (χ2v) is 6.34. The van der Waals surface area contributed by atoms with E-state index in [0.29, 0.717) is 6.04 Å². The Labute approximate surface area is 107 Å². The molecule has 1 fully saturated rings.